The van der Waals surface area contributed by atoms with Crippen molar-refractivity contribution in [3.8, 4) is 0 Å². The zero-order valence-corrected chi connectivity index (χ0v) is 9.27. The summed E-state index contributed by atoms with van der Waals surface area (Å²) in [6, 6.07) is 0. The SMILES string of the molecule is CCCC(C)(C)C(C(=O)O)=C(C)C. The van der Waals surface area contributed by atoms with Gasteiger partial charge < -0.3 is 5.11 Å². The van der Waals surface area contributed by atoms with Gasteiger partial charge in [-0.3, -0.25) is 0 Å². The number of hydrogen-bond acceptors (Lipinski definition) is 1. The van der Waals surface area contributed by atoms with Crippen LogP contribution in [0.15, 0.2) is 11.1 Å². The van der Waals surface area contributed by atoms with Crippen molar-refractivity contribution in [2.75, 3.05) is 0 Å². The van der Waals surface area contributed by atoms with E-state index in [4.69, 9.17) is 5.11 Å². The van der Waals surface area contributed by atoms with E-state index in [-0.39, 0.29) is 5.41 Å². The Morgan fingerprint density at radius 3 is 2.00 bits per heavy atom. The first-order valence-corrected chi connectivity index (χ1v) is 4.74. The van der Waals surface area contributed by atoms with Gasteiger partial charge in [0.15, 0.2) is 0 Å². The first kappa shape index (κ1) is 12.2. The molecule has 1 N–H and O–H groups in total. The average Bonchev–Trinajstić information content (AvgIpc) is 1.82. The summed E-state index contributed by atoms with van der Waals surface area (Å²) in [5.41, 5.74) is 1.26. The summed E-state index contributed by atoms with van der Waals surface area (Å²) in [6.07, 6.45) is 1.93. The molecule has 0 heterocycles. The van der Waals surface area contributed by atoms with Crippen LogP contribution in [-0.2, 0) is 4.79 Å². The first-order chi connectivity index (χ1) is 5.83. The van der Waals surface area contributed by atoms with Crippen molar-refractivity contribution in [3.63, 3.8) is 0 Å². The second-order valence-electron chi connectivity index (χ2n) is 4.31. The van der Waals surface area contributed by atoms with Crippen LogP contribution in [0.2, 0.25) is 0 Å². The van der Waals surface area contributed by atoms with Gasteiger partial charge in [0.05, 0.1) is 0 Å². The molecule has 0 aromatic heterocycles. The lowest BCUT2D eigenvalue weighted by Gasteiger charge is -2.26. The molecule has 0 aliphatic heterocycles. The zero-order valence-electron chi connectivity index (χ0n) is 9.27. The standard InChI is InChI=1S/C11H20O2/c1-6-7-11(4,5)9(8(2)3)10(12)13/h6-7H2,1-5H3,(H,12,13). The lowest BCUT2D eigenvalue weighted by molar-refractivity contribution is -0.133. The molecular formula is C11H20O2. The Bertz CT molecular complexity index is 220. The van der Waals surface area contributed by atoms with Crippen LogP contribution >= 0.6 is 0 Å². The third kappa shape index (κ3) is 3.21. The molecule has 2 nitrogen and oxygen atoms in total. The van der Waals surface area contributed by atoms with E-state index >= 15 is 0 Å². The lowest BCUT2D eigenvalue weighted by Crippen LogP contribution is -2.22. The van der Waals surface area contributed by atoms with Crippen molar-refractivity contribution in [1.82, 2.24) is 0 Å². The highest BCUT2D eigenvalue weighted by atomic mass is 16.4. The Labute approximate surface area is 80.7 Å². The number of carboxylic acids is 1. The molecular weight excluding hydrogens is 164 g/mol. The van der Waals surface area contributed by atoms with Crippen LogP contribution in [0.5, 0.6) is 0 Å². The Kier molecular flexibility index (Phi) is 4.18. The number of hydrogen-bond donors (Lipinski definition) is 1. The van der Waals surface area contributed by atoms with E-state index in [1.807, 2.05) is 27.7 Å². The summed E-state index contributed by atoms with van der Waals surface area (Å²) in [5, 5.41) is 9.05. The van der Waals surface area contributed by atoms with Gasteiger partial charge in [-0.2, -0.15) is 0 Å². The molecule has 0 radical (unpaired) electrons. The lowest BCUT2D eigenvalue weighted by atomic mass is 9.78. The largest absolute Gasteiger partial charge is 0.478 e. The minimum atomic E-state index is -0.779. The van der Waals surface area contributed by atoms with Crippen molar-refractivity contribution in [3.05, 3.63) is 11.1 Å². The maximum absolute atomic E-state index is 11.0. The average molecular weight is 184 g/mol. The maximum Gasteiger partial charge on any atom is 0.332 e. The molecule has 0 spiro atoms. The van der Waals surface area contributed by atoms with Crippen LogP contribution in [0.1, 0.15) is 47.5 Å². The van der Waals surface area contributed by atoms with E-state index in [0.29, 0.717) is 5.57 Å². The molecule has 2 heteroatoms. The van der Waals surface area contributed by atoms with Gasteiger partial charge in [0.1, 0.15) is 0 Å². The fourth-order valence-electron chi connectivity index (χ4n) is 1.93. The van der Waals surface area contributed by atoms with Crippen LogP contribution in [0, 0.1) is 5.41 Å². The van der Waals surface area contributed by atoms with Crippen LogP contribution < -0.4 is 0 Å². The Morgan fingerprint density at radius 1 is 1.31 bits per heavy atom. The van der Waals surface area contributed by atoms with E-state index in [2.05, 4.69) is 6.92 Å². The molecule has 0 rings (SSSR count). The van der Waals surface area contributed by atoms with Crippen molar-refractivity contribution >= 4 is 5.97 Å². The van der Waals surface area contributed by atoms with Gasteiger partial charge in [-0.15, -0.1) is 0 Å². The van der Waals surface area contributed by atoms with Crippen molar-refractivity contribution < 1.29 is 9.90 Å². The van der Waals surface area contributed by atoms with Crippen LogP contribution in [0.25, 0.3) is 0 Å². The highest BCUT2D eigenvalue weighted by molar-refractivity contribution is 5.88. The van der Waals surface area contributed by atoms with E-state index in [1.165, 1.54) is 0 Å². The predicted molar refractivity (Wildman–Crippen MR) is 54.7 cm³/mol. The molecule has 0 aromatic carbocycles. The molecule has 0 bridgehead atoms. The molecule has 0 unspecified atom stereocenters. The summed E-state index contributed by atoms with van der Waals surface area (Å²) >= 11 is 0. The maximum atomic E-state index is 11.0. The molecule has 76 valence electrons. The monoisotopic (exact) mass is 184 g/mol. The molecule has 0 fully saturated rings. The Morgan fingerprint density at radius 2 is 1.77 bits per heavy atom. The van der Waals surface area contributed by atoms with Crippen molar-refractivity contribution in [2.45, 2.75) is 47.5 Å². The van der Waals surface area contributed by atoms with Gasteiger partial charge in [0.2, 0.25) is 0 Å². The van der Waals surface area contributed by atoms with Crippen LogP contribution in [-0.4, -0.2) is 11.1 Å². The molecule has 0 aliphatic rings. The predicted octanol–water partition coefficient (Wildman–Crippen LogP) is 3.23. The van der Waals surface area contributed by atoms with Crippen molar-refractivity contribution in [2.24, 2.45) is 5.41 Å². The third-order valence-electron chi connectivity index (χ3n) is 2.27. The number of aliphatic carboxylic acids is 1. The number of carboxylic acid groups (broad SMARTS) is 1. The van der Waals surface area contributed by atoms with Gasteiger partial charge in [0, 0.05) is 5.57 Å². The molecule has 0 atom stereocenters. The highest BCUT2D eigenvalue weighted by Crippen LogP contribution is 2.33. The van der Waals surface area contributed by atoms with E-state index in [9.17, 15) is 4.79 Å². The third-order valence-corrected chi connectivity index (χ3v) is 2.27. The molecule has 0 aliphatic carbocycles. The minimum Gasteiger partial charge on any atom is -0.478 e. The molecule has 0 saturated carbocycles. The molecule has 13 heavy (non-hydrogen) atoms. The summed E-state index contributed by atoms with van der Waals surface area (Å²) in [6.45, 7) is 9.79. The Balaban J connectivity index is 4.97. The van der Waals surface area contributed by atoms with E-state index in [0.717, 1.165) is 18.4 Å². The van der Waals surface area contributed by atoms with Crippen LogP contribution in [0.4, 0.5) is 0 Å². The first-order valence-electron chi connectivity index (χ1n) is 4.74. The Hall–Kier alpha value is -0.790. The van der Waals surface area contributed by atoms with Gasteiger partial charge in [-0.1, -0.05) is 32.8 Å². The zero-order chi connectivity index (χ0) is 10.6. The summed E-state index contributed by atoms with van der Waals surface area (Å²) < 4.78 is 0. The number of rotatable bonds is 4. The van der Waals surface area contributed by atoms with Crippen molar-refractivity contribution in [1.29, 1.82) is 0 Å². The summed E-state index contributed by atoms with van der Waals surface area (Å²) in [5.74, 6) is -0.779. The minimum absolute atomic E-state index is 0.209. The normalized spacial score (nSPS) is 11.2. The summed E-state index contributed by atoms with van der Waals surface area (Å²) in [7, 11) is 0. The van der Waals surface area contributed by atoms with Gasteiger partial charge in [-0.05, 0) is 25.7 Å². The fourth-order valence-corrected chi connectivity index (χ4v) is 1.93. The van der Waals surface area contributed by atoms with Crippen LogP contribution in [0.3, 0.4) is 0 Å². The van der Waals surface area contributed by atoms with Gasteiger partial charge >= 0.3 is 5.97 Å². The second-order valence-corrected chi connectivity index (χ2v) is 4.31. The van der Waals surface area contributed by atoms with Gasteiger partial charge in [0.25, 0.3) is 0 Å². The fraction of sp³-hybridized carbons (Fsp3) is 0.727. The van der Waals surface area contributed by atoms with Gasteiger partial charge in [-0.25, -0.2) is 4.79 Å². The highest BCUT2D eigenvalue weighted by Gasteiger charge is 2.28. The molecule has 0 saturated heterocycles. The topological polar surface area (TPSA) is 37.3 Å². The molecule has 0 aromatic rings. The quantitative estimate of drug-likeness (QED) is 0.681. The second kappa shape index (κ2) is 4.45. The number of carbonyl (C=O) groups is 1. The number of allylic oxidation sites excluding steroid dienone is 1. The van der Waals surface area contributed by atoms with E-state index in [1.54, 1.807) is 0 Å². The smallest absolute Gasteiger partial charge is 0.332 e. The van der Waals surface area contributed by atoms with E-state index < -0.39 is 5.97 Å². The summed E-state index contributed by atoms with van der Waals surface area (Å²) in [4.78, 5) is 11.0. The molecule has 0 amide bonds.